The highest BCUT2D eigenvalue weighted by atomic mass is 79.9. The zero-order valence-corrected chi connectivity index (χ0v) is 14.2. The van der Waals surface area contributed by atoms with E-state index in [1.807, 2.05) is 24.3 Å². The highest BCUT2D eigenvalue weighted by Gasteiger charge is 2.26. The number of nitrogens with zero attached hydrogens (tertiary/aromatic N) is 3. The SMILES string of the molecule is O=[N+]([O-])c1ccccc1-n1nc(-c2ccc(Br)cc2)c2c1NCC2. The number of rotatable bonds is 3. The molecule has 0 unspecified atom stereocenters. The Balaban J connectivity index is 1.92. The molecule has 1 aliphatic rings. The maximum Gasteiger partial charge on any atom is 0.294 e. The first kappa shape index (κ1) is 14.9. The molecule has 0 radical (unpaired) electrons. The number of benzene rings is 2. The van der Waals surface area contributed by atoms with Crippen molar-refractivity contribution in [1.29, 1.82) is 0 Å². The molecule has 6 nitrogen and oxygen atoms in total. The predicted molar refractivity (Wildman–Crippen MR) is 95.5 cm³/mol. The first-order chi connectivity index (χ1) is 11.6. The van der Waals surface area contributed by atoms with E-state index in [9.17, 15) is 10.1 Å². The summed E-state index contributed by atoms with van der Waals surface area (Å²) in [6.45, 7) is 0.803. The number of nitro groups is 1. The molecule has 1 N–H and O–H groups in total. The summed E-state index contributed by atoms with van der Waals surface area (Å²) in [6, 6.07) is 14.6. The lowest BCUT2D eigenvalue weighted by Crippen LogP contribution is -2.06. The van der Waals surface area contributed by atoms with E-state index >= 15 is 0 Å². The van der Waals surface area contributed by atoms with Crippen LogP contribution in [-0.4, -0.2) is 21.2 Å². The smallest absolute Gasteiger partial charge is 0.294 e. The van der Waals surface area contributed by atoms with Crippen LogP contribution in [0.25, 0.3) is 16.9 Å². The third-order valence-electron chi connectivity index (χ3n) is 4.08. The molecule has 0 saturated heterocycles. The molecule has 0 bridgehead atoms. The van der Waals surface area contributed by atoms with E-state index in [-0.39, 0.29) is 10.6 Å². The Bertz CT molecular complexity index is 934. The molecule has 0 aliphatic carbocycles. The van der Waals surface area contributed by atoms with Crippen LogP contribution in [0.5, 0.6) is 0 Å². The van der Waals surface area contributed by atoms with Crippen molar-refractivity contribution in [2.45, 2.75) is 6.42 Å². The second kappa shape index (κ2) is 5.76. The topological polar surface area (TPSA) is 73.0 Å². The van der Waals surface area contributed by atoms with Gasteiger partial charge in [-0.05, 0) is 24.6 Å². The lowest BCUT2D eigenvalue weighted by Gasteiger charge is -2.06. The summed E-state index contributed by atoms with van der Waals surface area (Å²) < 4.78 is 2.65. The van der Waals surface area contributed by atoms with Crippen molar-refractivity contribution in [1.82, 2.24) is 9.78 Å². The van der Waals surface area contributed by atoms with E-state index in [0.29, 0.717) is 5.69 Å². The predicted octanol–water partition coefficient (Wildman–Crippen LogP) is 4.18. The van der Waals surface area contributed by atoms with Crippen molar-refractivity contribution in [3.8, 4) is 16.9 Å². The van der Waals surface area contributed by atoms with Gasteiger partial charge in [-0.1, -0.05) is 40.2 Å². The third kappa shape index (κ3) is 2.37. The number of nitro benzene ring substituents is 1. The van der Waals surface area contributed by atoms with Gasteiger partial charge in [0, 0.05) is 28.2 Å². The fraction of sp³-hybridized carbons (Fsp3) is 0.118. The molecule has 1 aliphatic heterocycles. The number of anilines is 1. The van der Waals surface area contributed by atoms with Crippen molar-refractivity contribution >= 4 is 27.4 Å². The second-order valence-corrected chi connectivity index (χ2v) is 6.43. The van der Waals surface area contributed by atoms with E-state index < -0.39 is 0 Å². The largest absolute Gasteiger partial charge is 0.369 e. The van der Waals surface area contributed by atoms with Crippen molar-refractivity contribution in [2.24, 2.45) is 0 Å². The molecule has 120 valence electrons. The molecule has 0 amide bonds. The van der Waals surface area contributed by atoms with Gasteiger partial charge >= 0.3 is 0 Å². The zero-order chi connectivity index (χ0) is 16.7. The van der Waals surface area contributed by atoms with Gasteiger partial charge in [0.1, 0.15) is 11.5 Å². The summed E-state index contributed by atoms with van der Waals surface area (Å²) in [5, 5.41) is 19.3. The molecule has 2 aromatic carbocycles. The van der Waals surface area contributed by atoms with Gasteiger partial charge in [0.25, 0.3) is 5.69 Å². The Morgan fingerprint density at radius 3 is 2.67 bits per heavy atom. The molecule has 3 aromatic rings. The van der Waals surface area contributed by atoms with E-state index in [0.717, 1.165) is 40.1 Å². The molecular formula is C17H13BrN4O2. The fourth-order valence-corrected chi connectivity index (χ4v) is 3.25. The van der Waals surface area contributed by atoms with Crippen molar-refractivity contribution < 1.29 is 4.92 Å². The van der Waals surface area contributed by atoms with Crippen LogP contribution in [0.4, 0.5) is 11.5 Å². The second-order valence-electron chi connectivity index (χ2n) is 5.52. The Labute approximate surface area is 146 Å². The Morgan fingerprint density at radius 2 is 1.92 bits per heavy atom. The summed E-state index contributed by atoms with van der Waals surface area (Å²) in [4.78, 5) is 11.0. The minimum absolute atomic E-state index is 0.0406. The van der Waals surface area contributed by atoms with Crippen molar-refractivity contribution in [3.05, 3.63) is 68.7 Å². The highest BCUT2D eigenvalue weighted by Crippen LogP contribution is 2.36. The number of aromatic nitrogens is 2. The molecule has 1 aromatic heterocycles. The average molecular weight is 385 g/mol. The number of para-hydroxylation sites is 2. The van der Waals surface area contributed by atoms with E-state index in [2.05, 4.69) is 26.3 Å². The summed E-state index contributed by atoms with van der Waals surface area (Å²) >= 11 is 3.43. The molecule has 7 heteroatoms. The summed E-state index contributed by atoms with van der Waals surface area (Å²) in [5.41, 5.74) is 3.46. The number of nitrogens with one attached hydrogen (secondary N) is 1. The Kier molecular flexibility index (Phi) is 3.57. The molecular weight excluding hydrogens is 372 g/mol. The van der Waals surface area contributed by atoms with Gasteiger partial charge in [-0.15, -0.1) is 0 Å². The summed E-state index contributed by atoms with van der Waals surface area (Å²) in [7, 11) is 0. The fourth-order valence-electron chi connectivity index (χ4n) is 2.99. The lowest BCUT2D eigenvalue weighted by atomic mass is 10.1. The van der Waals surface area contributed by atoms with Crippen LogP contribution in [0.3, 0.4) is 0 Å². The van der Waals surface area contributed by atoms with Crippen LogP contribution in [0.15, 0.2) is 53.0 Å². The zero-order valence-electron chi connectivity index (χ0n) is 12.6. The van der Waals surface area contributed by atoms with Gasteiger partial charge in [-0.2, -0.15) is 5.10 Å². The van der Waals surface area contributed by atoms with Crippen LogP contribution in [-0.2, 0) is 6.42 Å². The standard InChI is InChI=1S/C17H13BrN4O2/c18-12-7-5-11(6-8-12)16-13-9-10-19-17(13)21(20-16)14-3-1-2-4-15(14)22(23)24/h1-8,19H,9-10H2. The summed E-state index contributed by atoms with van der Waals surface area (Å²) in [6.07, 6.45) is 0.849. The minimum Gasteiger partial charge on any atom is -0.369 e. The molecule has 2 heterocycles. The van der Waals surface area contributed by atoms with Gasteiger partial charge in [-0.3, -0.25) is 10.1 Å². The number of halogens is 1. The molecule has 0 spiro atoms. The molecule has 0 atom stereocenters. The highest BCUT2D eigenvalue weighted by molar-refractivity contribution is 9.10. The first-order valence-corrected chi connectivity index (χ1v) is 8.30. The molecule has 4 rings (SSSR count). The van der Waals surface area contributed by atoms with Crippen molar-refractivity contribution in [3.63, 3.8) is 0 Å². The number of hydrogen-bond donors (Lipinski definition) is 1. The Hall–Kier alpha value is -2.67. The van der Waals surface area contributed by atoms with E-state index in [4.69, 9.17) is 0 Å². The number of fused-ring (bicyclic) bond motifs is 1. The van der Waals surface area contributed by atoms with Crippen LogP contribution in [0, 0.1) is 10.1 Å². The van der Waals surface area contributed by atoms with E-state index in [1.54, 1.807) is 22.9 Å². The Morgan fingerprint density at radius 1 is 1.17 bits per heavy atom. The van der Waals surface area contributed by atoms with Gasteiger partial charge in [0.15, 0.2) is 0 Å². The quantitative estimate of drug-likeness (QED) is 0.542. The molecule has 0 saturated carbocycles. The van der Waals surface area contributed by atoms with E-state index in [1.165, 1.54) is 6.07 Å². The molecule has 0 fully saturated rings. The van der Waals surface area contributed by atoms with Crippen LogP contribution >= 0.6 is 15.9 Å². The average Bonchev–Trinajstić information content (AvgIpc) is 3.18. The number of hydrogen-bond acceptors (Lipinski definition) is 4. The minimum atomic E-state index is -0.377. The maximum absolute atomic E-state index is 11.3. The third-order valence-corrected chi connectivity index (χ3v) is 4.60. The first-order valence-electron chi connectivity index (χ1n) is 7.50. The van der Waals surface area contributed by atoms with Gasteiger partial charge < -0.3 is 5.32 Å². The van der Waals surface area contributed by atoms with Gasteiger partial charge in [0.2, 0.25) is 0 Å². The van der Waals surface area contributed by atoms with Crippen LogP contribution in [0.1, 0.15) is 5.56 Å². The maximum atomic E-state index is 11.3. The normalized spacial score (nSPS) is 12.7. The lowest BCUT2D eigenvalue weighted by molar-refractivity contribution is -0.384. The van der Waals surface area contributed by atoms with Gasteiger partial charge in [0.05, 0.1) is 10.6 Å². The summed E-state index contributed by atoms with van der Waals surface area (Å²) in [5.74, 6) is 0.835. The van der Waals surface area contributed by atoms with Crippen LogP contribution < -0.4 is 5.32 Å². The monoisotopic (exact) mass is 384 g/mol. The molecule has 24 heavy (non-hydrogen) atoms. The van der Waals surface area contributed by atoms with Gasteiger partial charge in [-0.25, -0.2) is 4.68 Å². The van der Waals surface area contributed by atoms with Crippen LogP contribution in [0.2, 0.25) is 0 Å². The van der Waals surface area contributed by atoms with Crippen molar-refractivity contribution in [2.75, 3.05) is 11.9 Å².